The molecule has 0 spiro atoms. The predicted molar refractivity (Wildman–Crippen MR) is 158 cm³/mol. The number of aliphatic hydroxyl groups is 1. The number of epoxide rings is 1. The first kappa shape index (κ1) is 31.9. The molecular formula is C33H46N2O7. The summed E-state index contributed by atoms with van der Waals surface area (Å²) in [7, 11) is 1.58. The molecule has 0 aromatic heterocycles. The van der Waals surface area contributed by atoms with Gasteiger partial charge >= 0.3 is 0 Å². The zero-order chi connectivity index (χ0) is 30.5. The van der Waals surface area contributed by atoms with Crippen LogP contribution in [-0.2, 0) is 30.3 Å². The summed E-state index contributed by atoms with van der Waals surface area (Å²) in [5, 5.41) is 15.7. The quantitative estimate of drug-likeness (QED) is 0.225. The lowest BCUT2D eigenvalue weighted by Gasteiger charge is -2.35. The number of Topliss-reactive ketones (excluding diaryl/α,β-unsaturated/α-hetero) is 2. The van der Waals surface area contributed by atoms with Gasteiger partial charge in [0, 0.05) is 17.8 Å². The molecule has 2 fully saturated rings. The fourth-order valence-corrected chi connectivity index (χ4v) is 5.94. The van der Waals surface area contributed by atoms with E-state index in [1.165, 1.54) is 0 Å². The van der Waals surface area contributed by atoms with Crippen LogP contribution in [0, 0.1) is 11.3 Å². The minimum atomic E-state index is -0.886. The van der Waals surface area contributed by atoms with E-state index in [0.29, 0.717) is 44.5 Å². The molecule has 9 nitrogen and oxygen atoms in total. The second kappa shape index (κ2) is 13.5. The van der Waals surface area contributed by atoms with Gasteiger partial charge in [-0.15, -0.1) is 0 Å². The van der Waals surface area contributed by atoms with Gasteiger partial charge in [-0.1, -0.05) is 30.7 Å². The molecular weight excluding hydrogens is 536 g/mol. The largest absolute Gasteiger partial charge is 0.497 e. The van der Waals surface area contributed by atoms with Crippen molar-refractivity contribution < 1.29 is 33.8 Å². The van der Waals surface area contributed by atoms with Crippen molar-refractivity contribution >= 4 is 23.4 Å². The average Bonchev–Trinajstić information content (AvgIpc) is 3.52. The van der Waals surface area contributed by atoms with Crippen molar-refractivity contribution in [1.82, 2.24) is 10.6 Å². The highest BCUT2D eigenvalue weighted by atomic mass is 16.6. The smallest absolute Gasteiger partial charge is 0.226 e. The number of carbonyl (C=O) groups excluding carboxylic acids is 4. The highest BCUT2D eigenvalue weighted by Gasteiger charge is 2.50. The summed E-state index contributed by atoms with van der Waals surface area (Å²) in [6.07, 6.45) is 7.50. The number of ketones is 2. The minimum absolute atomic E-state index is 0.0912. The van der Waals surface area contributed by atoms with Gasteiger partial charge in [-0.25, -0.2) is 0 Å². The molecule has 4 rings (SSSR count). The zero-order valence-corrected chi connectivity index (χ0v) is 25.4. The lowest BCUT2D eigenvalue weighted by molar-refractivity contribution is -0.137. The number of hydrogen-bond acceptors (Lipinski definition) is 7. The van der Waals surface area contributed by atoms with Crippen LogP contribution in [0.4, 0.5) is 0 Å². The number of ether oxygens (including phenoxy) is 2. The molecule has 1 saturated heterocycles. The second-order valence-corrected chi connectivity index (χ2v) is 12.8. The van der Waals surface area contributed by atoms with E-state index >= 15 is 0 Å². The van der Waals surface area contributed by atoms with E-state index in [9.17, 15) is 24.3 Å². The maximum Gasteiger partial charge on any atom is 0.226 e. The molecule has 42 heavy (non-hydrogen) atoms. The standard InChI is InChI=1S/C33H46N2O7/c1-21(34-31(40)32(2)15-13-25(36)14-16-32)28(37)19-24(17-23-9-11-26(41-4)12-10-23)30(39)35-27(18-22-7-5-6-8-22)29(38)33(3)20-42-33/h7,9-12,21,24-25,27,36H,5-6,8,13-20H2,1-4H3,(H,34,40)(H,35,39). The molecule has 1 heterocycles. The summed E-state index contributed by atoms with van der Waals surface area (Å²) < 4.78 is 10.7. The second-order valence-electron chi connectivity index (χ2n) is 12.8. The Hall–Kier alpha value is -3.04. The molecule has 0 bridgehead atoms. The van der Waals surface area contributed by atoms with Crippen molar-refractivity contribution in [2.24, 2.45) is 11.3 Å². The maximum atomic E-state index is 13.8. The zero-order valence-electron chi connectivity index (χ0n) is 25.4. The van der Waals surface area contributed by atoms with Crippen molar-refractivity contribution in [3.8, 4) is 5.75 Å². The van der Waals surface area contributed by atoms with Crippen LogP contribution >= 0.6 is 0 Å². The first-order chi connectivity index (χ1) is 19.9. The number of aliphatic hydroxyl groups excluding tert-OH is 1. The van der Waals surface area contributed by atoms with Crippen LogP contribution in [0.2, 0.25) is 0 Å². The predicted octanol–water partition coefficient (Wildman–Crippen LogP) is 3.60. The Labute approximate surface area is 248 Å². The van der Waals surface area contributed by atoms with Gasteiger partial charge in [-0.05, 0) is 89.3 Å². The average molecular weight is 583 g/mol. The molecule has 4 atom stereocenters. The molecule has 2 amide bonds. The van der Waals surface area contributed by atoms with E-state index in [4.69, 9.17) is 9.47 Å². The Morgan fingerprint density at radius 2 is 1.74 bits per heavy atom. The molecule has 3 N–H and O–H groups in total. The van der Waals surface area contributed by atoms with Crippen LogP contribution in [-0.4, -0.2) is 66.0 Å². The van der Waals surface area contributed by atoms with E-state index in [2.05, 4.69) is 16.7 Å². The van der Waals surface area contributed by atoms with Crippen LogP contribution in [0.3, 0.4) is 0 Å². The normalized spacial score (nSPS) is 27.3. The molecule has 1 aromatic carbocycles. The topological polar surface area (TPSA) is 134 Å². The summed E-state index contributed by atoms with van der Waals surface area (Å²) in [4.78, 5) is 53.7. The third-order valence-electron chi connectivity index (χ3n) is 9.23. The van der Waals surface area contributed by atoms with Gasteiger partial charge in [0.25, 0.3) is 0 Å². The number of amides is 2. The van der Waals surface area contributed by atoms with Crippen LogP contribution in [0.15, 0.2) is 35.9 Å². The SMILES string of the molecule is COc1ccc(CC(CC(=O)C(C)NC(=O)C2(C)CCC(O)CC2)C(=O)NC(CC2=CCCC2)C(=O)C2(C)CO2)cc1. The summed E-state index contributed by atoms with van der Waals surface area (Å²) in [6.45, 7) is 5.59. The first-order valence-electron chi connectivity index (χ1n) is 15.2. The number of allylic oxidation sites excluding steroid dienone is 1. The molecule has 1 aliphatic heterocycles. The molecule has 1 saturated carbocycles. The Kier molecular flexibility index (Phi) is 10.3. The summed E-state index contributed by atoms with van der Waals surface area (Å²) in [6, 6.07) is 5.81. The lowest BCUT2D eigenvalue weighted by atomic mass is 9.74. The van der Waals surface area contributed by atoms with Crippen LogP contribution < -0.4 is 15.4 Å². The van der Waals surface area contributed by atoms with Crippen LogP contribution in [0.1, 0.15) is 84.1 Å². The van der Waals surface area contributed by atoms with Crippen molar-refractivity contribution in [2.75, 3.05) is 13.7 Å². The van der Waals surface area contributed by atoms with Gasteiger partial charge in [0.15, 0.2) is 11.6 Å². The Balaban J connectivity index is 1.47. The number of carbonyl (C=O) groups is 4. The minimum Gasteiger partial charge on any atom is -0.497 e. The van der Waals surface area contributed by atoms with Gasteiger partial charge in [-0.2, -0.15) is 0 Å². The maximum absolute atomic E-state index is 13.8. The van der Waals surface area contributed by atoms with Crippen molar-refractivity contribution in [2.45, 2.75) is 109 Å². The number of benzene rings is 1. The van der Waals surface area contributed by atoms with Crippen LogP contribution in [0.25, 0.3) is 0 Å². The Morgan fingerprint density at radius 1 is 1.07 bits per heavy atom. The van der Waals surface area contributed by atoms with E-state index in [-0.39, 0.29) is 36.2 Å². The van der Waals surface area contributed by atoms with E-state index < -0.39 is 35.1 Å². The van der Waals surface area contributed by atoms with Crippen LogP contribution in [0.5, 0.6) is 5.75 Å². The lowest BCUT2D eigenvalue weighted by Crippen LogP contribution is -2.50. The van der Waals surface area contributed by atoms with E-state index in [0.717, 1.165) is 30.4 Å². The van der Waals surface area contributed by atoms with Gasteiger partial charge < -0.3 is 25.2 Å². The molecule has 2 aliphatic carbocycles. The Bertz CT molecular complexity index is 1180. The van der Waals surface area contributed by atoms with E-state index in [1.807, 2.05) is 19.1 Å². The van der Waals surface area contributed by atoms with Crippen molar-refractivity contribution in [1.29, 1.82) is 0 Å². The van der Waals surface area contributed by atoms with E-state index in [1.54, 1.807) is 33.1 Å². The summed E-state index contributed by atoms with van der Waals surface area (Å²) in [5.74, 6) is -1.04. The molecule has 4 unspecified atom stereocenters. The first-order valence-corrected chi connectivity index (χ1v) is 15.2. The number of rotatable bonds is 14. The number of methoxy groups -OCH3 is 1. The summed E-state index contributed by atoms with van der Waals surface area (Å²) in [5.41, 5.74) is 0.480. The van der Waals surface area contributed by atoms with Gasteiger partial charge in [0.05, 0.1) is 31.9 Å². The third kappa shape index (κ3) is 8.07. The van der Waals surface area contributed by atoms with Crippen molar-refractivity contribution in [3.63, 3.8) is 0 Å². The fraction of sp³-hybridized carbons (Fsp3) is 0.636. The third-order valence-corrected chi connectivity index (χ3v) is 9.23. The number of hydrogen-bond donors (Lipinski definition) is 3. The highest BCUT2D eigenvalue weighted by Crippen LogP contribution is 2.36. The monoisotopic (exact) mass is 582 g/mol. The molecule has 0 radical (unpaired) electrons. The molecule has 1 aromatic rings. The van der Waals surface area contributed by atoms with Gasteiger partial charge in [0.1, 0.15) is 11.4 Å². The molecule has 3 aliphatic rings. The van der Waals surface area contributed by atoms with Crippen molar-refractivity contribution in [3.05, 3.63) is 41.5 Å². The Morgan fingerprint density at radius 3 is 2.31 bits per heavy atom. The highest BCUT2D eigenvalue weighted by molar-refractivity contribution is 5.98. The number of nitrogens with one attached hydrogen (secondary N) is 2. The molecule has 9 heteroatoms. The molecule has 230 valence electrons. The van der Waals surface area contributed by atoms with Gasteiger partial charge in [0.2, 0.25) is 11.8 Å². The summed E-state index contributed by atoms with van der Waals surface area (Å²) >= 11 is 0. The fourth-order valence-electron chi connectivity index (χ4n) is 5.94. The van der Waals surface area contributed by atoms with Gasteiger partial charge in [-0.3, -0.25) is 19.2 Å².